The molecule has 0 nitrogen and oxygen atoms in total. The predicted molar refractivity (Wildman–Crippen MR) is 85.6 cm³/mol. The van der Waals surface area contributed by atoms with Gasteiger partial charge < -0.3 is 0 Å². The first-order valence-electron chi connectivity index (χ1n) is 6.05. The zero-order valence-corrected chi connectivity index (χ0v) is 13.4. The van der Waals surface area contributed by atoms with Crippen LogP contribution < -0.4 is 0 Å². The van der Waals surface area contributed by atoms with E-state index in [9.17, 15) is 0 Å². The van der Waals surface area contributed by atoms with Crippen LogP contribution in [0, 0.1) is 0 Å². The van der Waals surface area contributed by atoms with Crippen molar-refractivity contribution < 1.29 is 0 Å². The molecule has 0 spiro atoms. The highest BCUT2D eigenvalue weighted by Crippen LogP contribution is 2.38. The van der Waals surface area contributed by atoms with Gasteiger partial charge in [-0.25, -0.2) is 0 Å². The van der Waals surface area contributed by atoms with E-state index in [-0.39, 0.29) is 5.41 Å². The first kappa shape index (κ1) is 14.7. The average Bonchev–Trinajstić information content (AvgIpc) is 2.34. The van der Waals surface area contributed by atoms with E-state index < -0.39 is 0 Å². The molecule has 0 bridgehead atoms. The van der Waals surface area contributed by atoms with Crippen LogP contribution in [0.5, 0.6) is 0 Å². The lowest BCUT2D eigenvalue weighted by molar-refractivity contribution is 0.592. The lowest BCUT2D eigenvalue weighted by Gasteiger charge is -2.23. The summed E-state index contributed by atoms with van der Waals surface area (Å²) in [7, 11) is 0. The van der Waals surface area contributed by atoms with E-state index in [4.69, 9.17) is 34.8 Å². The van der Waals surface area contributed by atoms with Crippen LogP contribution in [0.3, 0.4) is 0 Å². The third-order valence-corrected chi connectivity index (χ3v) is 4.23. The zero-order valence-electron chi connectivity index (χ0n) is 11.1. The van der Waals surface area contributed by atoms with Gasteiger partial charge in [-0.2, -0.15) is 0 Å². The summed E-state index contributed by atoms with van der Waals surface area (Å²) < 4.78 is 0. The minimum absolute atomic E-state index is 0.0508. The van der Waals surface area contributed by atoms with Gasteiger partial charge in [-0.05, 0) is 34.2 Å². The van der Waals surface area contributed by atoms with E-state index in [0.717, 1.165) is 11.1 Å². The largest absolute Gasteiger partial charge is 0.0826 e. The van der Waals surface area contributed by atoms with Gasteiger partial charge in [-0.1, -0.05) is 79.8 Å². The fraction of sp³-hybridized carbons (Fsp3) is 0.250. The molecule has 2 aromatic carbocycles. The molecule has 0 radical (unpaired) electrons. The van der Waals surface area contributed by atoms with Gasteiger partial charge in [0, 0.05) is 0 Å². The number of benzene rings is 2. The van der Waals surface area contributed by atoms with Crippen molar-refractivity contribution in [3.8, 4) is 11.1 Å². The van der Waals surface area contributed by atoms with E-state index >= 15 is 0 Å². The van der Waals surface area contributed by atoms with Crippen molar-refractivity contribution >= 4 is 34.8 Å². The summed E-state index contributed by atoms with van der Waals surface area (Å²) in [6, 6.07) is 12.0. The molecule has 0 amide bonds. The number of halogens is 3. The molecule has 0 saturated carbocycles. The van der Waals surface area contributed by atoms with E-state index in [0.29, 0.717) is 15.1 Å². The van der Waals surface area contributed by atoms with Crippen LogP contribution in [0.2, 0.25) is 15.1 Å². The predicted octanol–water partition coefficient (Wildman–Crippen LogP) is 6.61. The highest BCUT2D eigenvalue weighted by molar-refractivity contribution is 6.48. The third kappa shape index (κ3) is 3.08. The lowest BCUT2D eigenvalue weighted by atomic mass is 9.82. The van der Waals surface area contributed by atoms with Gasteiger partial charge in [0.25, 0.3) is 0 Å². The average molecular weight is 314 g/mol. The second kappa shape index (κ2) is 5.36. The molecule has 0 atom stereocenters. The Balaban J connectivity index is 2.67. The smallest absolute Gasteiger partial charge is 0.0778 e. The monoisotopic (exact) mass is 312 g/mol. The topological polar surface area (TPSA) is 0 Å². The first-order chi connectivity index (χ1) is 8.80. The molecule has 0 aliphatic carbocycles. The quantitative estimate of drug-likeness (QED) is 0.519. The lowest BCUT2D eigenvalue weighted by Crippen LogP contribution is -2.12. The molecular formula is C16H15Cl3. The van der Waals surface area contributed by atoms with Gasteiger partial charge in [-0.15, -0.1) is 0 Å². The van der Waals surface area contributed by atoms with E-state index in [1.54, 1.807) is 0 Å². The van der Waals surface area contributed by atoms with Crippen LogP contribution >= 0.6 is 34.8 Å². The zero-order chi connectivity index (χ0) is 14.2. The van der Waals surface area contributed by atoms with Crippen molar-refractivity contribution in [3.63, 3.8) is 0 Å². The number of rotatable bonds is 1. The maximum Gasteiger partial charge on any atom is 0.0778 e. The molecule has 0 aliphatic rings. The van der Waals surface area contributed by atoms with Crippen LogP contribution in [0.1, 0.15) is 26.3 Å². The van der Waals surface area contributed by atoms with Gasteiger partial charge in [-0.3, -0.25) is 0 Å². The standard InChI is InChI=1S/C16H15Cl3/c1-16(2,3)12-7-5-4-6-11(12)10-8-13(17)15(19)14(18)9-10/h4-9H,1-3H3. The fourth-order valence-electron chi connectivity index (χ4n) is 2.10. The molecule has 100 valence electrons. The van der Waals surface area contributed by atoms with Crippen molar-refractivity contribution in [1.29, 1.82) is 0 Å². The normalized spacial score (nSPS) is 11.7. The van der Waals surface area contributed by atoms with Crippen molar-refractivity contribution in [1.82, 2.24) is 0 Å². The molecule has 0 heterocycles. The highest BCUT2D eigenvalue weighted by Gasteiger charge is 2.19. The molecule has 2 aromatic rings. The summed E-state index contributed by atoms with van der Waals surface area (Å²) >= 11 is 18.2. The summed E-state index contributed by atoms with van der Waals surface area (Å²) in [5.41, 5.74) is 3.43. The summed E-state index contributed by atoms with van der Waals surface area (Å²) in [6.45, 7) is 6.56. The van der Waals surface area contributed by atoms with Crippen molar-refractivity contribution in [2.75, 3.05) is 0 Å². The summed E-state index contributed by atoms with van der Waals surface area (Å²) in [4.78, 5) is 0. The summed E-state index contributed by atoms with van der Waals surface area (Å²) in [6.07, 6.45) is 0. The van der Waals surface area contributed by atoms with Crippen LogP contribution in [0.4, 0.5) is 0 Å². The molecule has 0 aromatic heterocycles. The first-order valence-corrected chi connectivity index (χ1v) is 7.18. The van der Waals surface area contributed by atoms with E-state index in [1.807, 2.05) is 24.3 Å². The van der Waals surface area contributed by atoms with Crippen molar-refractivity contribution in [2.24, 2.45) is 0 Å². The van der Waals surface area contributed by atoms with E-state index in [1.165, 1.54) is 5.56 Å². The minimum atomic E-state index is 0.0508. The van der Waals surface area contributed by atoms with Gasteiger partial charge in [0.1, 0.15) is 0 Å². The van der Waals surface area contributed by atoms with Crippen LogP contribution in [0.25, 0.3) is 11.1 Å². The molecule has 0 unspecified atom stereocenters. The Morgan fingerprint density at radius 2 is 1.37 bits per heavy atom. The fourth-order valence-corrected chi connectivity index (χ4v) is 2.70. The number of hydrogen-bond donors (Lipinski definition) is 0. The molecule has 2 rings (SSSR count). The van der Waals surface area contributed by atoms with Crippen LogP contribution in [-0.2, 0) is 5.41 Å². The van der Waals surface area contributed by atoms with Crippen LogP contribution in [-0.4, -0.2) is 0 Å². The molecule has 0 fully saturated rings. The Labute approximate surface area is 129 Å². The van der Waals surface area contributed by atoms with Crippen molar-refractivity contribution in [3.05, 3.63) is 57.0 Å². The summed E-state index contributed by atoms with van der Waals surface area (Å²) in [5, 5.41) is 1.36. The Morgan fingerprint density at radius 3 is 1.89 bits per heavy atom. The Kier molecular flexibility index (Phi) is 4.15. The molecule has 0 N–H and O–H groups in total. The van der Waals surface area contributed by atoms with Crippen molar-refractivity contribution in [2.45, 2.75) is 26.2 Å². The molecule has 3 heteroatoms. The molecular weight excluding hydrogens is 299 g/mol. The number of hydrogen-bond acceptors (Lipinski definition) is 0. The molecule has 19 heavy (non-hydrogen) atoms. The van der Waals surface area contributed by atoms with Crippen LogP contribution in [0.15, 0.2) is 36.4 Å². The van der Waals surface area contributed by atoms with Gasteiger partial charge in [0.15, 0.2) is 0 Å². The maximum atomic E-state index is 6.12. The third-order valence-electron chi connectivity index (χ3n) is 3.03. The molecule has 0 aliphatic heterocycles. The summed E-state index contributed by atoms with van der Waals surface area (Å²) in [5.74, 6) is 0. The van der Waals surface area contributed by atoms with E-state index in [2.05, 4.69) is 32.9 Å². The van der Waals surface area contributed by atoms with Gasteiger partial charge in [0.2, 0.25) is 0 Å². The Bertz CT molecular complexity index is 587. The molecule has 0 saturated heterocycles. The van der Waals surface area contributed by atoms with Gasteiger partial charge in [0.05, 0.1) is 15.1 Å². The Morgan fingerprint density at radius 1 is 0.842 bits per heavy atom. The second-order valence-electron chi connectivity index (χ2n) is 5.55. The highest BCUT2D eigenvalue weighted by atomic mass is 35.5. The SMILES string of the molecule is CC(C)(C)c1ccccc1-c1cc(Cl)c(Cl)c(Cl)c1. The Hall–Kier alpha value is -0.690. The maximum absolute atomic E-state index is 6.12. The van der Waals surface area contributed by atoms with Gasteiger partial charge >= 0.3 is 0 Å². The second-order valence-corrected chi connectivity index (χ2v) is 6.74. The minimum Gasteiger partial charge on any atom is -0.0826 e.